The maximum Gasteiger partial charge on any atom is 0.129 e. The Bertz CT molecular complexity index is 655. The van der Waals surface area contributed by atoms with Crippen LogP contribution in [0.4, 0.5) is 0 Å². The molecule has 2 atom stereocenters. The van der Waals surface area contributed by atoms with Crippen molar-refractivity contribution in [2.45, 2.75) is 57.1 Å². The fraction of sp³-hybridized carbons (Fsp3) is 0.440. The Morgan fingerprint density at radius 3 is 2.15 bits per heavy atom. The molecule has 1 fully saturated rings. The van der Waals surface area contributed by atoms with Crippen molar-refractivity contribution in [3.8, 4) is 0 Å². The summed E-state index contributed by atoms with van der Waals surface area (Å²) in [5, 5.41) is 3.06. The molecule has 0 aromatic heterocycles. The predicted octanol–water partition coefficient (Wildman–Crippen LogP) is 5.23. The van der Waals surface area contributed by atoms with Crippen molar-refractivity contribution in [1.82, 2.24) is 0 Å². The van der Waals surface area contributed by atoms with E-state index in [4.69, 9.17) is 4.74 Å². The number of benzene rings is 2. The Hall–Kier alpha value is -1.64. The molecule has 0 bridgehead atoms. The molecular formula is C25H33OSi. The van der Waals surface area contributed by atoms with Crippen molar-refractivity contribution in [2.75, 3.05) is 6.61 Å². The number of allylic oxidation sites excluding steroid dienone is 1. The minimum atomic E-state index is -0.941. The zero-order valence-electron chi connectivity index (χ0n) is 16.9. The van der Waals surface area contributed by atoms with E-state index in [0.717, 1.165) is 18.9 Å². The minimum Gasteiger partial charge on any atom is -0.378 e. The molecule has 27 heavy (non-hydrogen) atoms. The van der Waals surface area contributed by atoms with Gasteiger partial charge in [0.05, 0.1) is 12.7 Å². The maximum absolute atomic E-state index is 6.54. The van der Waals surface area contributed by atoms with E-state index in [1.165, 1.54) is 36.1 Å². The Morgan fingerprint density at radius 2 is 1.59 bits per heavy atom. The van der Waals surface area contributed by atoms with Gasteiger partial charge in [-0.25, -0.2) is 0 Å². The molecule has 3 rings (SSSR count). The second kappa shape index (κ2) is 9.52. The zero-order valence-corrected chi connectivity index (χ0v) is 17.9. The Balaban J connectivity index is 1.74. The highest BCUT2D eigenvalue weighted by atomic mass is 28.3. The first-order valence-electron chi connectivity index (χ1n) is 10.3. The van der Waals surface area contributed by atoms with Gasteiger partial charge in [-0.1, -0.05) is 97.4 Å². The van der Waals surface area contributed by atoms with Crippen LogP contribution < -0.4 is 10.4 Å². The van der Waals surface area contributed by atoms with E-state index in [1.54, 1.807) is 0 Å². The van der Waals surface area contributed by atoms with E-state index in [1.807, 2.05) is 0 Å². The van der Waals surface area contributed by atoms with Crippen LogP contribution in [-0.2, 0) is 4.74 Å². The maximum atomic E-state index is 6.54. The van der Waals surface area contributed by atoms with Crippen LogP contribution in [0.5, 0.6) is 0 Å². The van der Waals surface area contributed by atoms with Gasteiger partial charge in [-0.05, 0) is 36.6 Å². The van der Waals surface area contributed by atoms with Crippen LogP contribution in [0.2, 0.25) is 5.04 Å². The molecule has 0 spiro atoms. The average Bonchev–Trinajstić information content (AvgIpc) is 2.69. The van der Waals surface area contributed by atoms with Gasteiger partial charge < -0.3 is 4.74 Å². The van der Waals surface area contributed by atoms with Crippen LogP contribution in [0, 0.1) is 5.92 Å². The van der Waals surface area contributed by atoms with E-state index < -0.39 is 8.80 Å². The standard InChI is InChI=1S/C25H33OSi/c1-4-12-21-13-11-14-22(19-21)26-20-25(2,3)27(23-15-7-5-8-16-23)24-17-9-6-10-18-24/h4-10,15-18,21-22H,1,11-14,19-20H2,2-3H3. The lowest BCUT2D eigenvalue weighted by molar-refractivity contribution is 0.00279. The van der Waals surface area contributed by atoms with Crippen molar-refractivity contribution in [2.24, 2.45) is 5.92 Å². The number of hydrogen-bond acceptors (Lipinski definition) is 1. The molecule has 1 nitrogen and oxygen atoms in total. The van der Waals surface area contributed by atoms with Crippen LogP contribution >= 0.6 is 0 Å². The summed E-state index contributed by atoms with van der Waals surface area (Å²) >= 11 is 0. The highest BCUT2D eigenvalue weighted by Gasteiger charge is 2.35. The van der Waals surface area contributed by atoms with Gasteiger partial charge in [-0.3, -0.25) is 0 Å². The van der Waals surface area contributed by atoms with Crippen LogP contribution in [0.3, 0.4) is 0 Å². The molecule has 0 heterocycles. The fourth-order valence-corrected chi connectivity index (χ4v) is 7.57. The second-order valence-corrected chi connectivity index (χ2v) is 11.7. The normalized spacial score (nSPS) is 20.6. The number of hydrogen-bond donors (Lipinski definition) is 0. The van der Waals surface area contributed by atoms with Gasteiger partial charge in [-0.15, -0.1) is 6.58 Å². The SMILES string of the molecule is C=CCC1CCCC(OCC(C)(C)[Si](c2ccccc2)c2ccccc2)C1. The van der Waals surface area contributed by atoms with E-state index in [9.17, 15) is 0 Å². The Morgan fingerprint density at radius 1 is 1.00 bits per heavy atom. The van der Waals surface area contributed by atoms with Crippen molar-refractivity contribution in [3.63, 3.8) is 0 Å². The summed E-state index contributed by atoms with van der Waals surface area (Å²) in [7, 11) is -0.941. The zero-order chi connectivity index (χ0) is 19.1. The molecular weight excluding hydrogens is 344 g/mol. The first-order chi connectivity index (χ1) is 13.1. The summed E-state index contributed by atoms with van der Waals surface area (Å²) in [6.07, 6.45) is 8.65. The van der Waals surface area contributed by atoms with E-state index in [0.29, 0.717) is 6.10 Å². The molecule has 143 valence electrons. The Labute approximate surface area is 167 Å². The molecule has 0 N–H and O–H groups in total. The molecule has 0 amide bonds. The number of ether oxygens (including phenoxy) is 1. The monoisotopic (exact) mass is 377 g/mol. The van der Waals surface area contributed by atoms with Gasteiger partial charge in [0.1, 0.15) is 8.80 Å². The summed E-state index contributed by atoms with van der Waals surface area (Å²) < 4.78 is 6.54. The molecule has 2 unspecified atom stereocenters. The summed E-state index contributed by atoms with van der Waals surface area (Å²) in [6, 6.07) is 22.1. The Kier molecular flexibility index (Phi) is 7.09. The lowest BCUT2D eigenvalue weighted by atomic mass is 9.85. The van der Waals surface area contributed by atoms with Gasteiger partial charge in [0.2, 0.25) is 0 Å². The van der Waals surface area contributed by atoms with Crippen molar-refractivity contribution in [1.29, 1.82) is 0 Å². The third kappa shape index (κ3) is 5.43. The fourth-order valence-electron chi connectivity index (χ4n) is 4.40. The largest absolute Gasteiger partial charge is 0.378 e. The third-order valence-corrected chi connectivity index (χ3v) is 9.04. The van der Waals surface area contributed by atoms with Gasteiger partial charge in [0.15, 0.2) is 0 Å². The lowest BCUT2D eigenvalue weighted by Crippen LogP contribution is -2.51. The molecule has 1 aliphatic carbocycles. The molecule has 0 saturated heterocycles. The van der Waals surface area contributed by atoms with Gasteiger partial charge >= 0.3 is 0 Å². The van der Waals surface area contributed by atoms with Crippen LogP contribution in [-0.4, -0.2) is 21.5 Å². The average molecular weight is 378 g/mol. The second-order valence-electron chi connectivity index (χ2n) is 8.48. The number of rotatable bonds is 8. The highest BCUT2D eigenvalue weighted by molar-refractivity contribution is 6.87. The molecule has 1 saturated carbocycles. The predicted molar refractivity (Wildman–Crippen MR) is 118 cm³/mol. The van der Waals surface area contributed by atoms with Gasteiger partial charge in [-0.2, -0.15) is 0 Å². The van der Waals surface area contributed by atoms with Crippen LogP contribution in [0.25, 0.3) is 0 Å². The summed E-state index contributed by atoms with van der Waals surface area (Å²) in [5.74, 6) is 0.761. The van der Waals surface area contributed by atoms with Crippen molar-refractivity contribution < 1.29 is 4.74 Å². The topological polar surface area (TPSA) is 9.23 Å². The molecule has 2 aromatic carbocycles. The van der Waals surface area contributed by atoms with Crippen LogP contribution in [0.15, 0.2) is 73.3 Å². The van der Waals surface area contributed by atoms with Crippen molar-refractivity contribution >= 4 is 19.2 Å². The molecule has 1 aliphatic rings. The third-order valence-electron chi connectivity index (χ3n) is 5.72. The van der Waals surface area contributed by atoms with E-state index in [2.05, 4.69) is 87.2 Å². The summed E-state index contributed by atoms with van der Waals surface area (Å²) in [4.78, 5) is 0. The molecule has 2 aromatic rings. The lowest BCUT2D eigenvalue weighted by Gasteiger charge is -2.36. The van der Waals surface area contributed by atoms with Crippen molar-refractivity contribution in [3.05, 3.63) is 73.3 Å². The van der Waals surface area contributed by atoms with E-state index in [-0.39, 0.29) is 5.04 Å². The van der Waals surface area contributed by atoms with Crippen LogP contribution in [0.1, 0.15) is 46.0 Å². The summed E-state index contributed by atoms with van der Waals surface area (Å²) in [5.41, 5.74) is 0. The van der Waals surface area contributed by atoms with Gasteiger partial charge in [0, 0.05) is 0 Å². The minimum absolute atomic E-state index is 0.124. The highest BCUT2D eigenvalue weighted by Crippen LogP contribution is 2.33. The molecule has 2 heteroatoms. The summed E-state index contributed by atoms with van der Waals surface area (Å²) in [6.45, 7) is 9.54. The smallest absolute Gasteiger partial charge is 0.129 e. The molecule has 1 radical (unpaired) electrons. The first-order valence-corrected chi connectivity index (χ1v) is 11.8. The first kappa shape index (κ1) is 20.1. The van der Waals surface area contributed by atoms with Gasteiger partial charge in [0.25, 0.3) is 0 Å². The molecule has 0 aliphatic heterocycles. The van der Waals surface area contributed by atoms with E-state index >= 15 is 0 Å². The quantitative estimate of drug-likeness (QED) is 0.452.